The Morgan fingerprint density at radius 3 is 2.50 bits per heavy atom. The van der Waals surface area contributed by atoms with Crippen LogP contribution >= 0.6 is 0 Å². The van der Waals surface area contributed by atoms with E-state index in [1.165, 1.54) is 0 Å². The molecule has 0 spiro atoms. The highest BCUT2D eigenvalue weighted by atomic mass is 16.5. The molecule has 1 N–H and O–H groups in total. The summed E-state index contributed by atoms with van der Waals surface area (Å²) in [5.41, 5.74) is 2.87. The second-order valence-electron chi connectivity index (χ2n) is 5.87. The van der Waals surface area contributed by atoms with E-state index in [0.717, 1.165) is 17.5 Å². The smallest absolute Gasteiger partial charge is 0.262 e. The summed E-state index contributed by atoms with van der Waals surface area (Å²) in [6, 6.07) is 11.3. The van der Waals surface area contributed by atoms with Gasteiger partial charge in [-0.2, -0.15) is 0 Å². The Hall–Kier alpha value is -2.69. The molecule has 0 saturated carbocycles. The van der Waals surface area contributed by atoms with Crippen molar-refractivity contribution in [3.8, 4) is 17.2 Å². The lowest BCUT2D eigenvalue weighted by Crippen LogP contribution is -2.20. The number of fused-ring (bicyclic) bond motifs is 1. The molecular formula is C19H21NO4. The van der Waals surface area contributed by atoms with Crippen molar-refractivity contribution in [1.29, 1.82) is 0 Å². The van der Waals surface area contributed by atoms with Crippen molar-refractivity contribution in [2.24, 2.45) is 0 Å². The summed E-state index contributed by atoms with van der Waals surface area (Å²) >= 11 is 0. The topological polar surface area (TPSA) is 56.8 Å². The standard InChI is InChI=1S/C19H21NO4/c1-13-8-14(2)10-16(9-13)24-12-19(21)20-15-4-5-17-18(11-15)23-7-3-6-22-17/h4-5,8-11H,3,6-7,12H2,1-2H3,(H,20,21). The van der Waals surface area contributed by atoms with Crippen LogP contribution in [0.1, 0.15) is 17.5 Å². The number of nitrogens with one attached hydrogen (secondary N) is 1. The number of carbonyl (C=O) groups is 1. The Kier molecular flexibility index (Phi) is 4.89. The Labute approximate surface area is 141 Å². The third kappa shape index (κ3) is 4.19. The molecule has 0 fully saturated rings. The SMILES string of the molecule is Cc1cc(C)cc(OCC(=O)Nc2ccc3c(c2)OCCCO3)c1. The van der Waals surface area contributed by atoms with Crippen molar-refractivity contribution in [3.05, 3.63) is 47.5 Å². The molecular weight excluding hydrogens is 306 g/mol. The maximum atomic E-state index is 12.1. The van der Waals surface area contributed by atoms with Crippen molar-refractivity contribution >= 4 is 11.6 Å². The van der Waals surface area contributed by atoms with E-state index < -0.39 is 0 Å². The number of anilines is 1. The first-order valence-electron chi connectivity index (χ1n) is 8.01. The average Bonchev–Trinajstić information content (AvgIpc) is 2.77. The lowest BCUT2D eigenvalue weighted by Gasteiger charge is -2.11. The third-order valence-corrected chi connectivity index (χ3v) is 3.60. The van der Waals surface area contributed by atoms with Crippen molar-refractivity contribution in [2.45, 2.75) is 20.3 Å². The van der Waals surface area contributed by atoms with Gasteiger partial charge < -0.3 is 19.5 Å². The average molecular weight is 327 g/mol. The molecule has 2 aromatic rings. The van der Waals surface area contributed by atoms with Gasteiger partial charge in [-0.25, -0.2) is 0 Å². The number of rotatable bonds is 4. The van der Waals surface area contributed by atoms with Crippen LogP contribution in [0.2, 0.25) is 0 Å². The number of ether oxygens (including phenoxy) is 3. The predicted molar refractivity (Wildman–Crippen MR) is 92.1 cm³/mol. The van der Waals surface area contributed by atoms with Gasteiger partial charge in [0.05, 0.1) is 13.2 Å². The number of hydrogen-bond donors (Lipinski definition) is 1. The van der Waals surface area contributed by atoms with Gasteiger partial charge >= 0.3 is 0 Å². The van der Waals surface area contributed by atoms with Crippen LogP contribution in [-0.4, -0.2) is 25.7 Å². The maximum absolute atomic E-state index is 12.1. The summed E-state index contributed by atoms with van der Waals surface area (Å²) < 4.78 is 16.8. The molecule has 1 aliphatic rings. The lowest BCUT2D eigenvalue weighted by atomic mass is 10.1. The molecule has 0 radical (unpaired) electrons. The summed E-state index contributed by atoms with van der Waals surface area (Å²) in [6.07, 6.45) is 0.847. The minimum Gasteiger partial charge on any atom is -0.490 e. The Morgan fingerprint density at radius 1 is 1.04 bits per heavy atom. The largest absolute Gasteiger partial charge is 0.490 e. The molecule has 1 aliphatic heterocycles. The van der Waals surface area contributed by atoms with E-state index >= 15 is 0 Å². The van der Waals surface area contributed by atoms with Crippen LogP contribution in [0.5, 0.6) is 17.2 Å². The fourth-order valence-electron chi connectivity index (χ4n) is 2.60. The van der Waals surface area contributed by atoms with E-state index in [2.05, 4.69) is 11.4 Å². The zero-order valence-corrected chi connectivity index (χ0v) is 13.9. The number of benzene rings is 2. The fraction of sp³-hybridized carbons (Fsp3) is 0.316. The first kappa shape index (κ1) is 16.2. The predicted octanol–water partition coefficient (Wildman–Crippen LogP) is 3.48. The minimum atomic E-state index is -0.219. The van der Waals surface area contributed by atoms with E-state index in [4.69, 9.17) is 14.2 Å². The molecule has 0 saturated heterocycles. The Balaban J connectivity index is 1.59. The molecule has 126 valence electrons. The first-order valence-corrected chi connectivity index (χ1v) is 8.01. The van der Waals surface area contributed by atoms with Crippen molar-refractivity contribution in [3.63, 3.8) is 0 Å². The third-order valence-electron chi connectivity index (χ3n) is 3.60. The van der Waals surface area contributed by atoms with Crippen LogP contribution < -0.4 is 19.5 Å². The Morgan fingerprint density at radius 2 is 1.75 bits per heavy atom. The number of carbonyl (C=O) groups excluding carboxylic acids is 1. The van der Waals surface area contributed by atoms with Gasteiger partial charge in [0.1, 0.15) is 5.75 Å². The highest BCUT2D eigenvalue weighted by Crippen LogP contribution is 2.32. The second kappa shape index (κ2) is 7.25. The second-order valence-corrected chi connectivity index (χ2v) is 5.87. The molecule has 0 aliphatic carbocycles. The molecule has 3 rings (SSSR count). The summed E-state index contributed by atoms with van der Waals surface area (Å²) in [5, 5.41) is 2.81. The zero-order chi connectivity index (χ0) is 16.9. The molecule has 1 amide bonds. The molecule has 0 bridgehead atoms. The van der Waals surface area contributed by atoms with E-state index in [1.807, 2.05) is 26.0 Å². The van der Waals surface area contributed by atoms with Crippen LogP contribution in [0.3, 0.4) is 0 Å². The van der Waals surface area contributed by atoms with Gasteiger partial charge in [-0.1, -0.05) is 6.07 Å². The van der Waals surface area contributed by atoms with E-state index in [-0.39, 0.29) is 12.5 Å². The number of aryl methyl sites for hydroxylation is 2. The van der Waals surface area contributed by atoms with E-state index in [9.17, 15) is 4.79 Å². The minimum absolute atomic E-state index is 0.0443. The number of amides is 1. The van der Waals surface area contributed by atoms with E-state index in [0.29, 0.717) is 36.1 Å². The van der Waals surface area contributed by atoms with Crippen LogP contribution in [0.15, 0.2) is 36.4 Å². The van der Waals surface area contributed by atoms with Crippen LogP contribution in [0.4, 0.5) is 5.69 Å². The van der Waals surface area contributed by atoms with Gasteiger partial charge in [-0.3, -0.25) is 4.79 Å². The van der Waals surface area contributed by atoms with Gasteiger partial charge in [0.15, 0.2) is 18.1 Å². The highest BCUT2D eigenvalue weighted by Gasteiger charge is 2.12. The van der Waals surface area contributed by atoms with Crippen LogP contribution in [0.25, 0.3) is 0 Å². The normalized spacial score (nSPS) is 13.1. The van der Waals surface area contributed by atoms with Gasteiger partial charge in [0.25, 0.3) is 5.91 Å². The van der Waals surface area contributed by atoms with Crippen LogP contribution in [-0.2, 0) is 4.79 Å². The molecule has 5 heteroatoms. The molecule has 0 unspecified atom stereocenters. The van der Waals surface area contributed by atoms with Gasteiger partial charge in [-0.05, 0) is 49.2 Å². The molecule has 0 aromatic heterocycles. The summed E-state index contributed by atoms with van der Waals surface area (Å²) in [5.74, 6) is 1.84. The fourth-order valence-corrected chi connectivity index (χ4v) is 2.60. The Bertz CT molecular complexity index is 722. The van der Waals surface area contributed by atoms with Crippen LogP contribution in [0, 0.1) is 13.8 Å². The summed E-state index contributed by atoms with van der Waals surface area (Å²) in [4.78, 5) is 12.1. The molecule has 1 heterocycles. The number of hydrogen-bond acceptors (Lipinski definition) is 4. The summed E-state index contributed by atoms with van der Waals surface area (Å²) in [6.45, 7) is 5.20. The lowest BCUT2D eigenvalue weighted by molar-refractivity contribution is -0.118. The van der Waals surface area contributed by atoms with Crippen molar-refractivity contribution in [1.82, 2.24) is 0 Å². The van der Waals surface area contributed by atoms with Crippen molar-refractivity contribution < 1.29 is 19.0 Å². The summed E-state index contributed by atoms with van der Waals surface area (Å²) in [7, 11) is 0. The highest BCUT2D eigenvalue weighted by molar-refractivity contribution is 5.92. The quantitative estimate of drug-likeness (QED) is 0.934. The van der Waals surface area contributed by atoms with Gasteiger partial charge in [-0.15, -0.1) is 0 Å². The molecule has 24 heavy (non-hydrogen) atoms. The molecule has 5 nitrogen and oxygen atoms in total. The molecule has 2 aromatic carbocycles. The molecule has 0 atom stereocenters. The zero-order valence-electron chi connectivity index (χ0n) is 13.9. The van der Waals surface area contributed by atoms with Gasteiger partial charge in [0.2, 0.25) is 0 Å². The maximum Gasteiger partial charge on any atom is 0.262 e. The van der Waals surface area contributed by atoms with Crippen molar-refractivity contribution in [2.75, 3.05) is 25.1 Å². The first-order chi connectivity index (χ1) is 11.6. The monoisotopic (exact) mass is 327 g/mol. The van der Waals surface area contributed by atoms with Gasteiger partial charge in [0, 0.05) is 18.2 Å². The van der Waals surface area contributed by atoms with E-state index in [1.54, 1.807) is 18.2 Å².